The molecule has 3 nitrogen and oxygen atoms in total. The zero-order valence-electron chi connectivity index (χ0n) is 9.95. The molecule has 0 unspecified atom stereocenters. The maximum Gasteiger partial charge on any atom is 2.00 e. The van der Waals surface area contributed by atoms with Crippen LogP contribution < -0.4 is 10.1 Å². The van der Waals surface area contributed by atoms with Gasteiger partial charge >= 0.3 is 17.1 Å². The Labute approximate surface area is 126 Å². The minimum atomic E-state index is -0.118. The minimum Gasteiger partial charge on any atom is -0.872 e. The molecule has 0 saturated heterocycles. The summed E-state index contributed by atoms with van der Waals surface area (Å²) >= 11 is 5.90. The zero-order valence-corrected chi connectivity index (χ0v) is 11.6. The number of rotatable bonds is 1. The summed E-state index contributed by atoms with van der Waals surface area (Å²) in [6.45, 7) is 1.97. The third kappa shape index (κ3) is 2.47. The molecule has 0 saturated carbocycles. The average molecular weight is 320 g/mol. The van der Waals surface area contributed by atoms with Crippen molar-refractivity contribution < 1.29 is 22.2 Å². The first-order valence-electron chi connectivity index (χ1n) is 5.52. The minimum absolute atomic E-state index is 0. The first kappa shape index (κ1) is 13.9. The molecule has 0 aliphatic heterocycles. The number of halogens is 1. The van der Waals surface area contributed by atoms with Gasteiger partial charge in [-0.1, -0.05) is 41.7 Å². The zero-order chi connectivity index (χ0) is 12.7. The summed E-state index contributed by atoms with van der Waals surface area (Å²) in [5, 5.41) is 12.3. The van der Waals surface area contributed by atoms with Gasteiger partial charge in [-0.3, -0.25) is 0 Å². The van der Waals surface area contributed by atoms with Gasteiger partial charge in [0.1, 0.15) is 0 Å². The van der Waals surface area contributed by atoms with E-state index in [0.29, 0.717) is 16.4 Å². The molecule has 0 spiro atoms. The van der Waals surface area contributed by atoms with E-state index < -0.39 is 0 Å². The van der Waals surface area contributed by atoms with Crippen molar-refractivity contribution in [3.63, 3.8) is 0 Å². The summed E-state index contributed by atoms with van der Waals surface area (Å²) in [6.07, 6.45) is 0. The molecule has 0 bridgehead atoms. The fraction of sp³-hybridized carbons (Fsp3) is 0.0714. The van der Waals surface area contributed by atoms with Crippen LogP contribution in [-0.4, -0.2) is 4.98 Å². The fourth-order valence-corrected chi connectivity index (χ4v) is 2.09. The van der Waals surface area contributed by atoms with E-state index in [-0.39, 0.29) is 22.8 Å². The molecule has 0 aliphatic rings. The van der Waals surface area contributed by atoms with Gasteiger partial charge in [-0.15, -0.1) is 5.75 Å². The Balaban J connectivity index is 0.00000133. The number of aromatic nitrogens is 2. The van der Waals surface area contributed by atoms with Gasteiger partial charge < -0.3 is 15.1 Å². The van der Waals surface area contributed by atoms with Gasteiger partial charge in [-0.05, 0) is 41.2 Å². The van der Waals surface area contributed by atoms with Crippen LogP contribution in [0.5, 0.6) is 5.75 Å². The van der Waals surface area contributed by atoms with Crippen LogP contribution in [0.3, 0.4) is 0 Å². The smallest absolute Gasteiger partial charge is 0.872 e. The predicted molar refractivity (Wildman–Crippen MR) is 69.7 cm³/mol. The average Bonchev–Trinajstić information content (AvgIpc) is 2.77. The third-order valence-electron chi connectivity index (χ3n) is 2.84. The molecule has 5 heteroatoms. The standard InChI is InChI=1S/C14H10ClN2O.Cu/c1-8-3-2-4-11-13(8)17-14(16-11)10-7-9(15)5-6-12(10)18;/h2-7H,1H3,(H-,16,17,18);/q-1;+2/p-1. The first-order chi connectivity index (χ1) is 8.65. The molecule has 19 heavy (non-hydrogen) atoms. The molecule has 1 heterocycles. The second-order valence-corrected chi connectivity index (χ2v) is 4.57. The van der Waals surface area contributed by atoms with Crippen molar-refractivity contribution in [2.45, 2.75) is 6.92 Å². The molecule has 1 aromatic heterocycles. The van der Waals surface area contributed by atoms with Crippen LogP contribution in [0.15, 0.2) is 36.4 Å². The van der Waals surface area contributed by atoms with Crippen LogP contribution >= 0.6 is 11.6 Å². The molecule has 0 atom stereocenters. The summed E-state index contributed by atoms with van der Waals surface area (Å²) < 4.78 is 0. The molecule has 99 valence electrons. The largest absolute Gasteiger partial charge is 2.00 e. The molecular formula is C14H9ClCuN2O. The number of hydrogen-bond donors (Lipinski definition) is 0. The van der Waals surface area contributed by atoms with E-state index >= 15 is 0 Å². The van der Waals surface area contributed by atoms with Gasteiger partial charge in [0.25, 0.3) is 0 Å². The van der Waals surface area contributed by atoms with Crippen molar-refractivity contribution in [1.29, 1.82) is 0 Å². The van der Waals surface area contributed by atoms with Crippen molar-refractivity contribution in [3.05, 3.63) is 47.0 Å². The van der Waals surface area contributed by atoms with Crippen molar-refractivity contribution in [1.82, 2.24) is 9.97 Å². The number of imidazole rings is 1. The molecule has 1 radical (unpaired) electrons. The topological polar surface area (TPSA) is 50.1 Å². The second-order valence-electron chi connectivity index (χ2n) is 4.13. The molecule has 0 N–H and O–H groups in total. The van der Waals surface area contributed by atoms with Crippen LogP contribution in [0.4, 0.5) is 0 Å². The quantitative estimate of drug-likeness (QED) is 0.648. The molecule has 0 aliphatic carbocycles. The summed E-state index contributed by atoms with van der Waals surface area (Å²) in [5.74, 6) is 0.319. The van der Waals surface area contributed by atoms with Crippen LogP contribution in [0.1, 0.15) is 5.56 Å². The fourth-order valence-electron chi connectivity index (χ4n) is 1.92. The Morgan fingerprint density at radius 1 is 1.21 bits per heavy atom. The summed E-state index contributed by atoms with van der Waals surface area (Å²) in [4.78, 5) is 8.79. The molecule has 3 rings (SSSR count). The second kappa shape index (κ2) is 5.25. The monoisotopic (exact) mass is 319 g/mol. The van der Waals surface area contributed by atoms with E-state index in [1.165, 1.54) is 6.07 Å². The summed E-state index contributed by atoms with van der Waals surface area (Å²) in [5.41, 5.74) is 3.11. The maximum absolute atomic E-state index is 11.8. The number of benzene rings is 2. The molecule has 0 amide bonds. The number of hydrogen-bond acceptors (Lipinski definition) is 2. The van der Waals surface area contributed by atoms with Crippen molar-refractivity contribution >= 4 is 22.6 Å². The number of aryl methyl sites for hydroxylation is 1. The molecule has 3 aromatic rings. The Morgan fingerprint density at radius 3 is 2.74 bits per heavy atom. The normalized spacial score (nSPS) is 10.4. The Hall–Kier alpha value is -1.48. The van der Waals surface area contributed by atoms with Gasteiger partial charge in [-0.2, -0.15) is 0 Å². The van der Waals surface area contributed by atoms with E-state index in [9.17, 15) is 5.11 Å². The summed E-state index contributed by atoms with van der Waals surface area (Å²) in [7, 11) is 0. The first-order valence-corrected chi connectivity index (χ1v) is 5.90. The van der Waals surface area contributed by atoms with Crippen LogP contribution in [0.2, 0.25) is 5.02 Å². The summed E-state index contributed by atoms with van der Waals surface area (Å²) in [6, 6.07) is 10.4. The maximum atomic E-state index is 11.8. The number of nitrogens with zero attached hydrogens (tertiary/aromatic N) is 2. The van der Waals surface area contributed by atoms with Crippen molar-refractivity contribution in [2.75, 3.05) is 0 Å². The molecule has 0 fully saturated rings. The van der Waals surface area contributed by atoms with E-state index in [1.54, 1.807) is 12.1 Å². The number of para-hydroxylation sites is 1. The Kier molecular flexibility index (Phi) is 3.85. The van der Waals surface area contributed by atoms with E-state index in [4.69, 9.17) is 11.6 Å². The van der Waals surface area contributed by atoms with Crippen molar-refractivity contribution in [3.8, 4) is 17.1 Å². The van der Waals surface area contributed by atoms with Crippen LogP contribution in [0, 0.1) is 6.92 Å². The van der Waals surface area contributed by atoms with E-state index in [0.717, 1.165) is 16.6 Å². The van der Waals surface area contributed by atoms with Gasteiger partial charge in [0.15, 0.2) is 0 Å². The third-order valence-corrected chi connectivity index (χ3v) is 3.08. The predicted octanol–water partition coefficient (Wildman–Crippen LogP) is 2.89. The van der Waals surface area contributed by atoms with Crippen molar-refractivity contribution in [2.24, 2.45) is 0 Å². The van der Waals surface area contributed by atoms with Gasteiger partial charge in [0.2, 0.25) is 0 Å². The SMILES string of the molecule is Cc1cccc2nc(-c3cc(Cl)ccc3[O-])[n-]c12.[Cu+2]. The van der Waals surface area contributed by atoms with Crippen LogP contribution in [-0.2, 0) is 17.1 Å². The Bertz CT molecular complexity index is 739. The van der Waals surface area contributed by atoms with Gasteiger partial charge in [0, 0.05) is 5.02 Å². The number of fused-ring (bicyclic) bond motifs is 1. The van der Waals surface area contributed by atoms with E-state index in [2.05, 4.69) is 9.97 Å². The van der Waals surface area contributed by atoms with E-state index in [1.807, 2.05) is 25.1 Å². The van der Waals surface area contributed by atoms with Crippen LogP contribution in [0.25, 0.3) is 22.4 Å². The molecular weight excluding hydrogens is 311 g/mol. The molecule has 2 aromatic carbocycles. The Morgan fingerprint density at radius 2 is 2.00 bits per heavy atom. The van der Waals surface area contributed by atoms with Gasteiger partial charge in [0.05, 0.1) is 0 Å². The van der Waals surface area contributed by atoms with Gasteiger partial charge in [-0.25, -0.2) is 0 Å².